The first-order valence-electron chi connectivity index (χ1n) is 35.5. The van der Waals surface area contributed by atoms with Gasteiger partial charge in [0.2, 0.25) is 29.5 Å². The van der Waals surface area contributed by atoms with Crippen LogP contribution in [0.3, 0.4) is 0 Å². The maximum Gasteiger partial charge on any atom is 0.260 e. The molecule has 7 amide bonds. The van der Waals surface area contributed by atoms with Crippen molar-refractivity contribution < 1.29 is 95.2 Å². The van der Waals surface area contributed by atoms with Gasteiger partial charge in [0.25, 0.3) is 11.8 Å². The number of benzene rings is 3. The van der Waals surface area contributed by atoms with E-state index in [1.807, 2.05) is 44.6 Å². The summed E-state index contributed by atoms with van der Waals surface area (Å²) in [7, 11) is 3.08. The maximum atomic E-state index is 14.2. The number of ketones is 1. The number of fused-ring (bicyclic) bond motifs is 4. The molecule has 556 valence electrons. The highest BCUT2D eigenvalue weighted by atomic mass is 16.6. The molecular formula is C74H100N8O20. The molecule has 5 atom stereocenters. The molecular weight excluding hydrogens is 1320 g/mol. The Morgan fingerprint density at radius 2 is 1.19 bits per heavy atom. The number of carbonyl (C=O) groups excluding carboxylic acids is 8. The number of rotatable bonds is 47. The zero-order chi connectivity index (χ0) is 72.3. The van der Waals surface area contributed by atoms with Crippen molar-refractivity contribution in [2.45, 2.75) is 104 Å². The Balaban J connectivity index is 0.567. The molecule has 5 heterocycles. The molecule has 28 heteroatoms. The number of amides is 7. The van der Waals surface area contributed by atoms with E-state index in [1.165, 1.54) is 25.5 Å². The number of nitrogens with zero attached hydrogens (tertiary/aromatic N) is 4. The summed E-state index contributed by atoms with van der Waals surface area (Å²) in [5.74, 6) is -0.745. The summed E-state index contributed by atoms with van der Waals surface area (Å²) in [6, 6.07) is 13.3. The lowest BCUT2D eigenvalue weighted by Gasteiger charge is -2.23. The molecule has 4 N–H and O–H groups in total. The summed E-state index contributed by atoms with van der Waals surface area (Å²) in [6.45, 7) is 14.3. The molecule has 3 aromatic rings. The molecule has 3 aromatic carbocycles. The van der Waals surface area contributed by atoms with Crippen LogP contribution in [0.5, 0.6) is 23.0 Å². The average Bonchev–Trinajstić information content (AvgIpc) is 1.62. The second kappa shape index (κ2) is 39.9. The number of ether oxygens (including phenoxy) is 12. The molecule has 1 saturated heterocycles. The number of Topliss-reactive ketones (excluding diaryl/α,β-unsaturated/α-hetero) is 1. The molecule has 9 rings (SSSR count). The van der Waals surface area contributed by atoms with Crippen molar-refractivity contribution >= 4 is 76.0 Å². The number of aliphatic imine (C=N–C) groups is 1. The van der Waals surface area contributed by atoms with E-state index >= 15 is 0 Å². The van der Waals surface area contributed by atoms with Crippen LogP contribution in [0.4, 0.5) is 17.1 Å². The predicted octanol–water partition coefficient (Wildman–Crippen LogP) is 6.56. The van der Waals surface area contributed by atoms with E-state index in [9.17, 15) is 38.4 Å². The number of methoxy groups -OCH3 is 2. The summed E-state index contributed by atoms with van der Waals surface area (Å²) in [4.78, 5) is 113. The van der Waals surface area contributed by atoms with Crippen LogP contribution in [0, 0.1) is 23.7 Å². The molecule has 28 nitrogen and oxygen atoms in total. The molecule has 2 fully saturated rings. The number of hydrogen-bond donors (Lipinski definition) is 4. The highest BCUT2D eigenvalue weighted by Crippen LogP contribution is 2.45. The molecule has 0 radical (unpaired) electrons. The van der Waals surface area contributed by atoms with Crippen molar-refractivity contribution in [1.29, 1.82) is 0 Å². The zero-order valence-electron chi connectivity index (χ0n) is 59.6. The van der Waals surface area contributed by atoms with Gasteiger partial charge in [0.15, 0.2) is 28.8 Å². The fourth-order valence-corrected chi connectivity index (χ4v) is 12.2. The lowest BCUT2D eigenvalue weighted by Crippen LogP contribution is -2.45. The highest BCUT2D eigenvalue weighted by molar-refractivity contribution is 6.06. The third-order valence-electron chi connectivity index (χ3n) is 18.1. The van der Waals surface area contributed by atoms with Crippen molar-refractivity contribution in [2.75, 3.05) is 163 Å². The number of nitrogens with one attached hydrogen (secondary N) is 4. The molecule has 5 aliphatic heterocycles. The van der Waals surface area contributed by atoms with Crippen LogP contribution in [0.25, 0.3) is 5.57 Å². The van der Waals surface area contributed by atoms with Gasteiger partial charge >= 0.3 is 0 Å². The fourth-order valence-electron chi connectivity index (χ4n) is 12.2. The summed E-state index contributed by atoms with van der Waals surface area (Å²) >= 11 is 0. The lowest BCUT2D eigenvalue weighted by atomic mass is 9.92. The van der Waals surface area contributed by atoms with Crippen molar-refractivity contribution in [2.24, 2.45) is 28.7 Å². The van der Waals surface area contributed by atoms with Crippen LogP contribution >= 0.6 is 0 Å². The Hall–Kier alpha value is -8.35. The van der Waals surface area contributed by atoms with Crippen LogP contribution in [0.1, 0.15) is 112 Å². The normalized spacial score (nSPS) is 18.1. The van der Waals surface area contributed by atoms with Gasteiger partial charge in [-0.1, -0.05) is 39.8 Å². The van der Waals surface area contributed by atoms with Gasteiger partial charge in [-0.05, 0) is 78.5 Å². The molecule has 0 aromatic heterocycles. The molecule has 1 aliphatic carbocycles. The minimum Gasteiger partial charge on any atom is -0.493 e. The van der Waals surface area contributed by atoms with E-state index in [-0.39, 0.29) is 123 Å². The minimum atomic E-state index is -0.782. The standard InChI is InChI=1S/C74H100N8O20/c1-48(2)70(79-68(85)15-20-93-22-24-95-26-28-97-30-32-99-34-35-100-33-31-98-29-27-96-25-23-94-21-16-75-67(84)14-17-80-69(86)37-50(4)72(80)88)62(83)36-49(3)71(87)78-55-12-10-52(11-13-55)54-39-57-45-77-61-43-66(64(92-6)41-59(61)74(90)82(57)47-54)102-19-7-18-101-65-42-60-58(40-63(65)91-5)73(89)81-46-53(51-8-9-51)38-56(81)44-76-60/h10-13,40-44,46-51,56-57,70,77H,7-9,14-39,45H2,1-6H3,(H,75,84)(H,78,87)(H,79,85)/t49-,50?,56+,57+,70?/m1/s1. The molecule has 0 spiro atoms. The monoisotopic (exact) mass is 1420 g/mol. The summed E-state index contributed by atoms with van der Waals surface area (Å²) in [5.41, 5.74) is 5.80. The quantitative estimate of drug-likeness (QED) is 0.0344. The number of hydrogen-bond acceptors (Lipinski definition) is 22. The lowest BCUT2D eigenvalue weighted by molar-refractivity contribution is -0.139. The second-order valence-electron chi connectivity index (χ2n) is 26.1. The van der Waals surface area contributed by atoms with Crippen molar-refractivity contribution in [1.82, 2.24) is 25.3 Å². The molecule has 0 bridgehead atoms. The van der Waals surface area contributed by atoms with Gasteiger partial charge in [0, 0.05) is 100 Å². The van der Waals surface area contributed by atoms with E-state index < -0.39 is 12.0 Å². The number of anilines is 2. The Kier molecular flexibility index (Phi) is 30.4. The third-order valence-corrected chi connectivity index (χ3v) is 18.1. The fraction of sp³-hybridized carbons (Fsp3) is 0.581. The summed E-state index contributed by atoms with van der Waals surface area (Å²) in [5, 5.41) is 11.9. The van der Waals surface area contributed by atoms with E-state index in [1.54, 1.807) is 67.2 Å². The number of imide groups is 1. The topological polar surface area (TPSA) is 318 Å². The Morgan fingerprint density at radius 3 is 1.75 bits per heavy atom. The number of carbonyl (C=O) groups is 8. The summed E-state index contributed by atoms with van der Waals surface area (Å²) < 4.78 is 67.9. The third kappa shape index (κ3) is 22.8. The van der Waals surface area contributed by atoms with E-state index in [0.717, 1.165) is 22.5 Å². The van der Waals surface area contributed by atoms with Crippen molar-refractivity contribution in [3.05, 3.63) is 83.2 Å². The molecule has 1 saturated carbocycles. The minimum absolute atomic E-state index is 0.0465. The first-order chi connectivity index (χ1) is 49.5. The van der Waals surface area contributed by atoms with Crippen LogP contribution in [0.2, 0.25) is 0 Å². The van der Waals surface area contributed by atoms with Gasteiger partial charge in [-0.25, -0.2) is 0 Å². The SMILES string of the molecule is COc1cc2c(cc1OCCCOc1cc3c(cc1OC)C(=O)N1C=C(c4ccc(NC(=O)[C@H](C)CC(=O)C(NC(=O)CCOCCOCCOCCOCCOCCOCCOCCOCCNC(=O)CCN5C(=O)CC(C)C5=O)C(C)C)cc4)C[C@H]1CN3)N=C[C@@H]1CC(C3CC3)=CN1C2=O. The zero-order valence-corrected chi connectivity index (χ0v) is 59.6. The van der Waals surface area contributed by atoms with Crippen LogP contribution < -0.4 is 40.2 Å². The van der Waals surface area contributed by atoms with Crippen LogP contribution in [-0.2, 0) is 66.7 Å². The van der Waals surface area contributed by atoms with Gasteiger partial charge in [-0.3, -0.25) is 48.2 Å². The van der Waals surface area contributed by atoms with Crippen molar-refractivity contribution in [3.8, 4) is 23.0 Å². The van der Waals surface area contributed by atoms with Gasteiger partial charge in [-0.2, -0.15) is 0 Å². The first-order valence-corrected chi connectivity index (χ1v) is 35.5. The van der Waals surface area contributed by atoms with Crippen molar-refractivity contribution in [3.63, 3.8) is 0 Å². The highest BCUT2D eigenvalue weighted by Gasteiger charge is 2.40. The predicted molar refractivity (Wildman–Crippen MR) is 376 cm³/mol. The smallest absolute Gasteiger partial charge is 0.260 e. The largest absolute Gasteiger partial charge is 0.493 e. The Bertz CT molecular complexity index is 3450. The molecule has 6 aliphatic rings. The Morgan fingerprint density at radius 1 is 0.618 bits per heavy atom. The summed E-state index contributed by atoms with van der Waals surface area (Å²) in [6.07, 6.45) is 10.2. The number of likely N-dealkylation sites (tertiary alicyclic amines) is 1. The van der Waals surface area contributed by atoms with E-state index in [2.05, 4.69) is 21.3 Å². The second-order valence-corrected chi connectivity index (χ2v) is 26.1. The first kappa shape index (κ1) is 77.8. The van der Waals surface area contributed by atoms with Crippen LogP contribution in [0.15, 0.2) is 71.5 Å². The molecule has 102 heavy (non-hydrogen) atoms. The van der Waals surface area contributed by atoms with Gasteiger partial charge < -0.3 is 87.9 Å². The Labute approximate surface area is 596 Å². The maximum absolute atomic E-state index is 14.2. The van der Waals surface area contributed by atoms with E-state index in [4.69, 9.17) is 61.8 Å². The average molecular weight is 1420 g/mol. The molecule has 2 unspecified atom stereocenters. The van der Waals surface area contributed by atoms with E-state index in [0.29, 0.717) is 182 Å². The van der Waals surface area contributed by atoms with Crippen LogP contribution in [-0.4, -0.2) is 239 Å². The van der Waals surface area contributed by atoms with Gasteiger partial charge in [0.05, 0.1) is 174 Å². The van der Waals surface area contributed by atoms with Gasteiger partial charge in [0.1, 0.15) is 0 Å². The van der Waals surface area contributed by atoms with Gasteiger partial charge in [-0.15, -0.1) is 0 Å².